The van der Waals surface area contributed by atoms with Crippen molar-refractivity contribution in [1.82, 2.24) is 8.75 Å². The van der Waals surface area contributed by atoms with E-state index in [1.165, 1.54) is 0 Å². The molecule has 0 aliphatic heterocycles. The summed E-state index contributed by atoms with van der Waals surface area (Å²) in [6.45, 7) is 0.464. The summed E-state index contributed by atoms with van der Waals surface area (Å²) in [5.74, 6) is 0.403. The SMILES string of the molecule is Clc1nsnc1OCc1ccccc1. The molecule has 0 unspecified atom stereocenters. The number of aromatic nitrogens is 2. The summed E-state index contributed by atoms with van der Waals surface area (Å²) in [6, 6.07) is 9.83. The first-order valence-corrected chi connectivity index (χ1v) is 5.12. The van der Waals surface area contributed by atoms with E-state index in [1.807, 2.05) is 30.3 Å². The lowest BCUT2D eigenvalue weighted by atomic mass is 10.2. The topological polar surface area (TPSA) is 35.0 Å². The van der Waals surface area contributed by atoms with E-state index in [0.717, 1.165) is 17.3 Å². The van der Waals surface area contributed by atoms with Crippen LogP contribution < -0.4 is 4.74 Å². The lowest BCUT2D eigenvalue weighted by Gasteiger charge is -2.01. The molecule has 0 aliphatic carbocycles. The van der Waals surface area contributed by atoms with Gasteiger partial charge in [0.15, 0.2) is 0 Å². The number of rotatable bonds is 3. The molecule has 72 valence electrons. The molecule has 0 bridgehead atoms. The number of nitrogens with zero attached hydrogens (tertiary/aromatic N) is 2. The summed E-state index contributed by atoms with van der Waals surface area (Å²) < 4.78 is 13.1. The molecule has 0 radical (unpaired) electrons. The molecule has 0 N–H and O–H groups in total. The number of hydrogen-bond acceptors (Lipinski definition) is 4. The minimum absolute atomic E-state index is 0.325. The second kappa shape index (κ2) is 4.39. The van der Waals surface area contributed by atoms with Crippen LogP contribution in [0.25, 0.3) is 0 Å². The Bertz CT molecular complexity index is 404. The number of hydrogen-bond donors (Lipinski definition) is 0. The van der Waals surface area contributed by atoms with Gasteiger partial charge >= 0.3 is 0 Å². The van der Waals surface area contributed by atoms with Gasteiger partial charge in [0.25, 0.3) is 5.88 Å². The summed E-state index contributed by atoms with van der Waals surface area (Å²) in [4.78, 5) is 0. The normalized spacial score (nSPS) is 10.1. The summed E-state index contributed by atoms with van der Waals surface area (Å²) in [7, 11) is 0. The van der Waals surface area contributed by atoms with Crippen molar-refractivity contribution in [2.75, 3.05) is 0 Å². The van der Waals surface area contributed by atoms with Gasteiger partial charge < -0.3 is 4.74 Å². The fourth-order valence-electron chi connectivity index (χ4n) is 0.982. The van der Waals surface area contributed by atoms with E-state index in [9.17, 15) is 0 Å². The van der Waals surface area contributed by atoms with Crippen LogP contribution in [-0.2, 0) is 6.61 Å². The lowest BCUT2D eigenvalue weighted by Crippen LogP contribution is -1.95. The minimum atomic E-state index is 0.325. The molecule has 0 spiro atoms. The predicted octanol–water partition coefficient (Wildman–Crippen LogP) is 2.77. The molecule has 1 aromatic heterocycles. The van der Waals surface area contributed by atoms with E-state index in [2.05, 4.69) is 8.75 Å². The minimum Gasteiger partial charge on any atom is -0.470 e. The highest BCUT2D eigenvalue weighted by atomic mass is 35.5. The highest BCUT2D eigenvalue weighted by molar-refractivity contribution is 6.99. The highest BCUT2D eigenvalue weighted by Gasteiger charge is 2.05. The standard InChI is InChI=1S/C9H7ClN2OS/c10-8-9(12-14-11-8)13-6-7-4-2-1-3-5-7/h1-5H,6H2. The van der Waals surface area contributed by atoms with Gasteiger partial charge in [-0.15, -0.1) is 4.37 Å². The third kappa shape index (κ3) is 2.21. The smallest absolute Gasteiger partial charge is 0.265 e. The molecular weight excluding hydrogens is 220 g/mol. The van der Waals surface area contributed by atoms with Crippen LogP contribution in [-0.4, -0.2) is 8.75 Å². The number of halogens is 1. The molecule has 2 aromatic rings. The van der Waals surface area contributed by atoms with Gasteiger partial charge in [-0.25, -0.2) is 0 Å². The fraction of sp³-hybridized carbons (Fsp3) is 0.111. The quantitative estimate of drug-likeness (QED) is 0.807. The second-order valence-corrected chi connectivity index (χ2v) is 3.52. The largest absolute Gasteiger partial charge is 0.470 e. The molecule has 0 aliphatic rings. The van der Waals surface area contributed by atoms with E-state index < -0.39 is 0 Å². The van der Waals surface area contributed by atoms with Gasteiger partial charge in [0.2, 0.25) is 5.15 Å². The van der Waals surface area contributed by atoms with Gasteiger partial charge in [0.05, 0.1) is 11.7 Å². The van der Waals surface area contributed by atoms with Crippen LogP contribution in [0.3, 0.4) is 0 Å². The fourth-order valence-corrected chi connectivity index (χ4v) is 1.63. The predicted molar refractivity (Wildman–Crippen MR) is 55.7 cm³/mol. The first-order valence-electron chi connectivity index (χ1n) is 4.01. The molecule has 1 aromatic carbocycles. The van der Waals surface area contributed by atoms with Crippen molar-refractivity contribution < 1.29 is 4.74 Å². The maximum Gasteiger partial charge on any atom is 0.265 e. The average molecular weight is 227 g/mol. The van der Waals surface area contributed by atoms with Crippen molar-refractivity contribution in [2.45, 2.75) is 6.61 Å². The van der Waals surface area contributed by atoms with Gasteiger partial charge in [-0.1, -0.05) is 41.9 Å². The average Bonchev–Trinajstić information content (AvgIpc) is 2.63. The van der Waals surface area contributed by atoms with Crippen molar-refractivity contribution >= 4 is 23.3 Å². The van der Waals surface area contributed by atoms with Crippen LogP contribution >= 0.6 is 23.3 Å². The summed E-state index contributed by atoms with van der Waals surface area (Å²) in [5.41, 5.74) is 1.08. The number of benzene rings is 1. The summed E-state index contributed by atoms with van der Waals surface area (Å²) in [6.07, 6.45) is 0. The molecule has 5 heteroatoms. The van der Waals surface area contributed by atoms with Crippen molar-refractivity contribution in [1.29, 1.82) is 0 Å². The zero-order chi connectivity index (χ0) is 9.80. The molecule has 14 heavy (non-hydrogen) atoms. The monoisotopic (exact) mass is 226 g/mol. The summed E-state index contributed by atoms with van der Waals surface area (Å²) >= 11 is 6.76. The summed E-state index contributed by atoms with van der Waals surface area (Å²) in [5, 5.41) is 0.325. The van der Waals surface area contributed by atoms with E-state index in [1.54, 1.807) is 0 Å². The molecule has 2 rings (SSSR count). The first kappa shape index (κ1) is 9.43. The Balaban J connectivity index is 1.99. The molecule has 0 amide bonds. The Labute approximate surface area is 90.6 Å². The second-order valence-electron chi connectivity index (χ2n) is 2.63. The lowest BCUT2D eigenvalue weighted by molar-refractivity contribution is 0.297. The third-order valence-electron chi connectivity index (χ3n) is 1.64. The van der Waals surface area contributed by atoms with Crippen molar-refractivity contribution in [3.05, 3.63) is 41.0 Å². The van der Waals surface area contributed by atoms with Crippen LogP contribution in [0.2, 0.25) is 5.15 Å². The Morgan fingerprint density at radius 2 is 2.00 bits per heavy atom. The van der Waals surface area contributed by atoms with Gasteiger partial charge in [-0.2, -0.15) is 4.37 Å². The van der Waals surface area contributed by atoms with Crippen LogP contribution in [0.4, 0.5) is 0 Å². The molecule has 3 nitrogen and oxygen atoms in total. The van der Waals surface area contributed by atoms with E-state index in [0.29, 0.717) is 17.6 Å². The zero-order valence-corrected chi connectivity index (χ0v) is 8.76. The third-order valence-corrected chi connectivity index (χ3v) is 2.50. The molecular formula is C9H7ClN2OS. The van der Waals surface area contributed by atoms with E-state index in [-0.39, 0.29) is 0 Å². The van der Waals surface area contributed by atoms with Crippen molar-refractivity contribution in [2.24, 2.45) is 0 Å². The Hall–Kier alpha value is -1.13. The maximum absolute atomic E-state index is 5.72. The van der Waals surface area contributed by atoms with E-state index >= 15 is 0 Å². The molecule has 1 heterocycles. The molecule has 0 saturated carbocycles. The number of ether oxygens (including phenoxy) is 1. The molecule has 0 fully saturated rings. The van der Waals surface area contributed by atoms with Gasteiger partial charge in [-0.05, 0) is 5.56 Å². The van der Waals surface area contributed by atoms with Crippen molar-refractivity contribution in [3.63, 3.8) is 0 Å². The van der Waals surface area contributed by atoms with Crippen LogP contribution in [0, 0.1) is 0 Å². The highest BCUT2D eigenvalue weighted by Crippen LogP contribution is 2.21. The Morgan fingerprint density at radius 1 is 1.21 bits per heavy atom. The Morgan fingerprint density at radius 3 is 2.64 bits per heavy atom. The van der Waals surface area contributed by atoms with Gasteiger partial charge in [0.1, 0.15) is 6.61 Å². The molecule has 0 atom stereocenters. The molecule has 0 saturated heterocycles. The maximum atomic E-state index is 5.72. The van der Waals surface area contributed by atoms with E-state index in [4.69, 9.17) is 16.3 Å². The van der Waals surface area contributed by atoms with Gasteiger partial charge in [-0.3, -0.25) is 0 Å². The van der Waals surface area contributed by atoms with Crippen LogP contribution in [0.15, 0.2) is 30.3 Å². The Kier molecular flexibility index (Phi) is 2.96. The van der Waals surface area contributed by atoms with Crippen LogP contribution in [0.1, 0.15) is 5.56 Å². The van der Waals surface area contributed by atoms with Crippen molar-refractivity contribution in [3.8, 4) is 5.88 Å². The zero-order valence-electron chi connectivity index (χ0n) is 7.18. The van der Waals surface area contributed by atoms with Gasteiger partial charge in [0, 0.05) is 0 Å². The van der Waals surface area contributed by atoms with Crippen LogP contribution in [0.5, 0.6) is 5.88 Å². The first-order chi connectivity index (χ1) is 6.86.